The van der Waals surface area contributed by atoms with Crippen LogP contribution in [0, 0.1) is 11.8 Å². The summed E-state index contributed by atoms with van der Waals surface area (Å²) in [4.78, 5) is 23.8. The average Bonchev–Trinajstić information content (AvgIpc) is 3.01. The van der Waals surface area contributed by atoms with E-state index in [4.69, 9.17) is 24.1 Å². The zero-order valence-corrected chi connectivity index (χ0v) is 16.4. The van der Waals surface area contributed by atoms with E-state index < -0.39 is 0 Å². The lowest BCUT2D eigenvalue weighted by molar-refractivity contribution is -0.147. The van der Waals surface area contributed by atoms with Gasteiger partial charge in [-0.25, -0.2) is 0 Å². The number of carbonyl (C=O) groups is 2. The van der Waals surface area contributed by atoms with Crippen LogP contribution in [-0.2, 0) is 28.5 Å². The van der Waals surface area contributed by atoms with Gasteiger partial charge in [0, 0.05) is 18.3 Å². The first-order valence-corrected chi connectivity index (χ1v) is 9.86. The van der Waals surface area contributed by atoms with Gasteiger partial charge >= 0.3 is 5.97 Å². The smallest absolute Gasteiger partial charge is 0.308 e. The zero-order chi connectivity index (χ0) is 19.7. The van der Waals surface area contributed by atoms with Crippen molar-refractivity contribution in [3.63, 3.8) is 0 Å². The fourth-order valence-corrected chi connectivity index (χ4v) is 2.94. The second kappa shape index (κ2) is 15.7. The van der Waals surface area contributed by atoms with Crippen LogP contribution in [0.1, 0.15) is 39.0 Å². The van der Waals surface area contributed by atoms with Gasteiger partial charge in [-0.05, 0) is 19.3 Å². The van der Waals surface area contributed by atoms with Crippen molar-refractivity contribution in [2.45, 2.75) is 39.0 Å². The number of hydrogen-bond acceptors (Lipinski definition) is 7. The number of carbonyl (C=O) groups excluding carboxylic acids is 2. The third-order valence-electron chi connectivity index (χ3n) is 4.43. The van der Waals surface area contributed by atoms with Crippen LogP contribution < -0.4 is 0 Å². The molecule has 0 saturated heterocycles. The lowest BCUT2D eigenvalue weighted by atomic mass is 9.93. The molecule has 1 N–H and O–H groups in total. The van der Waals surface area contributed by atoms with Crippen molar-refractivity contribution in [1.82, 2.24) is 0 Å². The van der Waals surface area contributed by atoms with Crippen molar-refractivity contribution in [3.8, 4) is 0 Å². The van der Waals surface area contributed by atoms with E-state index in [2.05, 4.69) is 19.1 Å². The maximum atomic E-state index is 12.0. The number of rotatable bonds is 16. The highest BCUT2D eigenvalue weighted by Gasteiger charge is 2.34. The number of aliphatic hydroxyl groups is 1. The Bertz CT molecular complexity index is 436. The Morgan fingerprint density at radius 2 is 1.74 bits per heavy atom. The van der Waals surface area contributed by atoms with Crippen LogP contribution in [-0.4, -0.2) is 69.7 Å². The molecule has 1 aliphatic rings. The third-order valence-corrected chi connectivity index (χ3v) is 4.43. The molecule has 2 unspecified atom stereocenters. The number of Topliss-reactive ketones (excluding diaryl/α,β-unsaturated/α-hetero) is 1. The molecule has 0 heterocycles. The summed E-state index contributed by atoms with van der Waals surface area (Å²) in [5, 5.41) is 8.54. The Kier molecular flexibility index (Phi) is 13.9. The quantitative estimate of drug-likeness (QED) is 0.246. The monoisotopic (exact) mass is 386 g/mol. The first-order chi connectivity index (χ1) is 13.2. The average molecular weight is 386 g/mol. The van der Waals surface area contributed by atoms with Crippen LogP contribution in [0.25, 0.3) is 0 Å². The lowest BCUT2D eigenvalue weighted by Gasteiger charge is -2.17. The van der Waals surface area contributed by atoms with Crippen LogP contribution in [0.2, 0.25) is 0 Å². The highest BCUT2D eigenvalue weighted by Crippen LogP contribution is 2.32. The predicted octanol–water partition coefficient (Wildman–Crippen LogP) is 1.91. The number of ketones is 1. The summed E-state index contributed by atoms with van der Waals surface area (Å²) < 4.78 is 21.0. The first kappa shape index (κ1) is 23.8. The van der Waals surface area contributed by atoms with Gasteiger partial charge in [0.15, 0.2) is 0 Å². The molecule has 0 aromatic rings. The first-order valence-electron chi connectivity index (χ1n) is 9.86. The van der Waals surface area contributed by atoms with Crippen molar-refractivity contribution in [3.05, 3.63) is 12.2 Å². The van der Waals surface area contributed by atoms with E-state index in [1.165, 1.54) is 0 Å². The Morgan fingerprint density at radius 3 is 2.41 bits per heavy atom. The van der Waals surface area contributed by atoms with Crippen molar-refractivity contribution < 1.29 is 33.6 Å². The van der Waals surface area contributed by atoms with Crippen LogP contribution in [0.3, 0.4) is 0 Å². The molecule has 0 aliphatic heterocycles. The molecule has 0 aromatic carbocycles. The molecule has 27 heavy (non-hydrogen) atoms. The summed E-state index contributed by atoms with van der Waals surface area (Å²) in [6.45, 7) is 4.69. The summed E-state index contributed by atoms with van der Waals surface area (Å²) in [5.41, 5.74) is 0. The van der Waals surface area contributed by atoms with E-state index in [-0.39, 0.29) is 43.2 Å². The molecular weight excluding hydrogens is 352 g/mol. The molecule has 0 aromatic heterocycles. The number of aliphatic hydroxyl groups excluding tert-OH is 1. The molecule has 7 nitrogen and oxygen atoms in total. The molecule has 0 amide bonds. The van der Waals surface area contributed by atoms with Crippen molar-refractivity contribution in [2.75, 3.05) is 52.9 Å². The Hall–Kier alpha value is -1.28. The SMILES string of the molecule is CC/C=C\CC1C(=O)CCC1COC(=O)CCOCCOCCOCCO. The maximum Gasteiger partial charge on any atom is 0.308 e. The summed E-state index contributed by atoms with van der Waals surface area (Å²) >= 11 is 0. The van der Waals surface area contributed by atoms with Crippen molar-refractivity contribution >= 4 is 11.8 Å². The van der Waals surface area contributed by atoms with Crippen molar-refractivity contribution in [1.29, 1.82) is 0 Å². The standard InChI is InChI=1S/C20H34O7/c1-2-3-4-5-18-17(6-7-19(18)22)16-27-20(23)8-10-24-12-14-26-15-13-25-11-9-21/h3-4,17-18,21H,2,5-16H2,1H3/b4-3-. The minimum absolute atomic E-state index is 0.00677. The van der Waals surface area contributed by atoms with E-state index in [0.29, 0.717) is 46.1 Å². The van der Waals surface area contributed by atoms with Gasteiger partial charge in [-0.15, -0.1) is 0 Å². The van der Waals surface area contributed by atoms with E-state index in [1.54, 1.807) is 0 Å². The second-order valence-corrected chi connectivity index (χ2v) is 6.48. The molecule has 1 saturated carbocycles. The summed E-state index contributed by atoms with van der Waals surface area (Å²) in [6, 6.07) is 0. The van der Waals surface area contributed by atoms with E-state index in [1.807, 2.05) is 0 Å². The van der Waals surface area contributed by atoms with E-state index >= 15 is 0 Å². The van der Waals surface area contributed by atoms with Gasteiger partial charge in [0.2, 0.25) is 0 Å². The molecule has 1 rings (SSSR count). The summed E-state index contributed by atoms with van der Waals surface area (Å²) in [7, 11) is 0. The molecule has 0 bridgehead atoms. The molecular formula is C20H34O7. The van der Waals surface area contributed by atoms with Gasteiger partial charge in [-0.2, -0.15) is 0 Å². The highest BCUT2D eigenvalue weighted by atomic mass is 16.6. The van der Waals surface area contributed by atoms with Crippen LogP contribution in [0.15, 0.2) is 12.2 Å². The van der Waals surface area contributed by atoms with Gasteiger partial charge in [0.05, 0.1) is 59.3 Å². The third kappa shape index (κ3) is 11.2. The van der Waals surface area contributed by atoms with Gasteiger partial charge < -0.3 is 24.1 Å². The Morgan fingerprint density at radius 1 is 1.07 bits per heavy atom. The number of hydrogen-bond donors (Lipinski definition) is 1. The minimum Gasteiger partial charge on any atom is -0.465 e. The van der Waals surface area contributed by atoms with Crippen molar-refractivity contribution in [2.24, 2.45) is 11.8 Å². The lowest BCUT2D eigenvalue weighted by Crippen LogP contribution is -2.21. The zero-order valence-electron chi connectivity index (χ0n) is 16.4. The number of ether oxygens (including phenoxy) is 4. The molecule has 1 fully saturated rings. The number of allylic oxidation sites excluding steroid dienone is 2. The fourth-order valence-electron chi connectivity index (χ4n) is 2.94. The minimum atomic E-state index is -0.296. The molecule has 0 radical (unpaired) electrons. The summed E-state index contributed by atoms with van der Waals surface area (Å²) in [6.07, 6.45) is 7.40. The topological polar surface area (TPSA) is 91.3 Å². The molecule has 1 aliphatic carbocycles. The largest absolute Gasteiger partial charge is 0.465 e. The predicted molar refractivity (Wildman–Crippen MR) is 100 cm³/mol. The Balaban J connectivity index is 2.03. The van der Waals surface area contributed by atoms with Gasteiger partial charge in [-0.1, -0.05) is 19.1 Å². The summed E-state index contributed by atoms with van der Waals surface area (Å²) in [5.74, 6) is 0.0955. The molecule has 156 valence electrons. The van der Waals surface area contributed by atoms with Gasteiger partial charge in [0.25, 0.3) is 0 Å². The fraction of sp³-hybridized carbons (Fsp3) is 0.800. The highest BCUT2D eigenvalue weighted by molar-refractivity contribution is 5.83. The maximum absolute atomic E-state index is 12.0. The number of esters is 1. The van der Waals surface area contributed by atoms with E-state index in [0.717, 1.165) is 19.3 Å². The van der Waals surface area contributed by atoms with Crippen LogP contribution in [0.4, 0.5) is 0 Å². The normalized spacial score (nSPS) is 19.9. The molecule has 0 spiro atoms. The second-order valence-electron chi connectivity index (χ2n) is 6.48. The molecule has 2 atom stereocenters. The Labute approximate surface area is 162 Å². The van der Waals surface area contributed by atoms with Crippen LogP contribution >= 0.6 is 0 Å². The van der Waals surface area contributed by atoms with Crippen LogP contribution in [0.5, 0.6) is 0 Å². The van der Waals surface area contributed by atoms with Gasteiger partial charge in [0.1, 0.15) is 5.78 Å². The molecule has 7 heteroatoms. The van der Waals surface area contributed by atoms with Gasteiger partial charge in [-0.3, -0.25) is 9.59 Å². The van der Waals surface area contributed by atoms with E-state index in [9.17, 15) is 9.59 Å².